The molecule has 1 aromatic carbocycles. The van der Waals surface area contributed by atoms with Crippen molar-refractivity contribution in [3.8, 4) is 17.4 Å². The molecule has 0 saturated heterocycles. The van der Waals surface area contributed by atoms with Crippen molar-refractivity contribution in [3.05, 3.63) is 35.7 Å². The third kappa shape index (κ3) is 5.31. The number of nitrogens with zero attached hydrogens (tertiary/aromatic N) is 3. The number of aromatic nitrogens is 3. The first kappa shape index (κ1) is 21.2. The summed E-state index contributed by atoms with van der Waals surface area (Å²) < 4.78 is 17.0. The van der Waals surface area contributed by atoms with E-state index in [0.717, 1.165) is 11.8 Å². The molecular weight excluding hydrogens is 415 g/mol. The van der Waals surface area contributed by atoms with Gasteiger partial charge in [-0.1, -0.05) is 11.6 Å². The summed E-state index contributed by atoms with van der Waals surface area (Å²) in [5.41, 5.74) is 1.29. The molecule has 1 N–H and O–H groups in total. The lowest BCUT2D eigenvalue weighted by atomic mass is 10.2. The molecular formula is C20H22Cl2N4O3. The molecule has 0 spiro atoms. The normalized spacial score (nSPS) is 11.0. The van der Waals surface area contributed by atoms with E-state index in [1.807, 2.05) is 26.0 Å². The van der Waals surface area contributed by atoms with Crippen LogP contribution in [0.2, 0.25) is 5.02 Å². The van der Waals surface area contributed by atoms with Gasteiger partial charge in [0.05, 0.1) is 47.6 Å². The molecule has 0 atom stereocenters. The Balaban J connectivity index is 2.05. The van der Waals surface area contributed by atoms with Crippen LogP contribution in [-0.4, -0.2) is 40.7 Å². The van der Waals surface area contributed by atoms with Gasteiger partial charge in [-0.15, -0.1) is 11.6 Å². The Labute approximate surface area is 179 Å². The van der Waals surface area contributed by atoms with Gasteiger partial charge in [0.25, 0.3) is 0 Å². The highest BCUT2D eigenvalue weighted by molar-refractivity contribution is 6.33. The molecule has 0 unspecified atom stereocenters. The van der Waals surface area contributed by atoms with Crippen molar-refractivity contribution >= 4 is 45.6 Å². The van der Waals surface area contributed by atoms with E-state index < -0.39 is 0 Å². The van der Waals surface area contributed by atoms with Crippen molar-refractivity contribution < 1.29 is 14.2 Å². The second-order valence-corrected chi connectivity index (χ2v) is 7.21. The number of alkyl halides is 1. The summed E-state index contributed by atoms with van der Waals surface area (Å²) in [6.45, 7) is 4.42. The van der Waals surface area contributed by atoms with Crippen LogP contribution in [0.1, 0.15) is 20.3 Å². The van der Waals surface area contributed by atoms with E-state index in [-0.39, 0.29) is 6.10 Å². The van der Waals surface area contributed by atoms with E-state index in [0.29, 0.717) is 51.9 Å². The molecule has 3 aromatic rings. The Kier molecular flexibility index (Phi) is 7.17. The second kappa shape index (κ2) is 9.80. The first-order chi connectivity index (χ1) is 14.0. The van der Waals surface area contributed by atoms with Crippen LogP contribution in [-0.2, 0) is 0 Å². The van der Waals surface area contributed by atoms with E-state index in [4.69, 9.17) is 37.4 Å². The lowest BCUT2D eigenvalue weighted by molar-refractivity contribution is 0.243. The van der Waals surface area contributed by atoms with Crippen LogP contribution in [0.15, 0.2) is 30.7 Å². The molecule has 2 aromatic heterocycles. The van der Waals surface area contributed by atoms with Crippen molar-refractivity contribution in [1.82, 2.24) is 15.0 Å². The Bertz CT molecular complexity index is 985. The number of halogens is 2. The van der Waals surface area contributed by atoms with Crippen molar-refractivity contribution in [1.29, 1.82) is 0 Å². The Morgan fingerprint density at radius 3 is 2.69 bits per heavy atom. The van der Waals surface area contributed by atoms with Gasteiger partial charge in [-0.05, 0) is 20.3 Å². The topological polar surface area (TPSA) is 78.4 Å². The number of anilines is 2. The van der Waals surface area contributed by atoms with Crippen LogP contribution in [0.5, 0.6) is 17.4 Å². The molecule has 0 fully saturated rings. The summed E-state index contributed by atoms with van der Waals surface area (Å²) in [7, 11) is 1.54. The largest absolute Gasteiger partial charge is 0.493 e. The number of hydrogen-bond donors (Lipinski definition) is 1. The molecule has 0 aliphatic heterocycles. The fourth-order valence-electron chi connectivity index (χ4n) is 2.65. The van der Waals surface area contributed by atoms with Gasteiger partial charge in [0.15, 0.2) is 0 Å². The van der Waals surface area contributed by atoms with Gasteiger partial charge >= 0.3 is 0 Å². The van der Waals surface area contributed by atoms with E-state index in [1.54, 1.807) is 13.2 Å². The SMILES string of the molecule is COc1cc(Nc2ncnc3cc(OCCCCl)cc(OC(C)C)c23)c(Cl)cn1. The second-order valence-electron chi connectivity index (χ2n) is 6.43. The number of benzene rings is 1. The molecule has 2 heterocycles. The number of rotatable bonds is 9. The molecule has 154 valence electrons. The van der Waals surface area contributed by atoms with Gasteiger partial charge in [-0.2, -0.15) is 0 Å². The van der Waals surface area contributed by atoms with E-state index in [9.17, 15) is 0 Å². The molecule has 0 radical (unpaired) electrons. The monoisotopic (exact) mass is 436 g/mol. The number of pyridine rings is 1. The fraction of sp³-hybridized carbons (Fsp3) is 0.350. The fourth-order valence-corrected chi connectivity index (χ4v) is 2.91. The molecule has 0 amide bonds. The summed E-state index contributed by atoms with van der Waals surface area (Å²) in [6, 6.07) is 5.38. The zero-order chi connectivity index (χ0) is 20.8. The number of fused-ring (bicyclic) bond motifs is 1. The summed E-state index contributed by atoms with van der Waals surface area (Å²) in [5.74, 6) is 2.79. The highest BCUT2D eigenvalue weighted by Crippen LogP contribution is 2.37. The first-order valence-electron chi connectivity index (χ1n) is 9.12. The number of nitrogens with one attached hydrogen (secondary N) is 1. The molecule has 0 aliphatic carbocycles. The standard InChI is InChI=1S/C20H22Cl2N4O3/c1-12(2)29-17-8-13(28-6-4-5-21)7-16-19(17)20(25-11-24-16)26-15-9-18(27-3)23-10-14(15)22/h7-12H,4-6H2,1-3H3,(H,23,24,25,26). The van der Waals surface area contributed by atoms with Gasteiger partial charge in [-0.25, -0.2) is 15.0 Å². The molecule has 0 bridgehead atoms. The van der Waals surface area contributed by atoms with Gasteiger partial charge in [0, 0.05) is 24.1 Å². The zero-order valence-corrected chi connectivity index (χ0v) is 17.9. The summed E-state index contributed by atoms with van der Waals surface area (Å²) in [4.78, 5) is 12.9. The highest BCUT2D eigenvalue weighted by Gasteiger charge is 2.16. The lowest BCUT2D eigenvalue weighted by Crippen LogP contribution is -2.08. The molecule has 3 rings (SSSR count). The maximum atomic E-state index is 6.29. The predicted octanol–water partition coefficient (Wildman–Crippen LogP) is 5.23. The van der Waals surface area contributed by atoms with Crippen molar-refractivity contribution in [2.24, 2.45) is 0 Å². The van der Waals surface area contributed by atoms with Gasteiger partial charge in [0.1, 0.15) is 23.6 Å². The van der Waals surface area contributed by atoms with Gasteiger partial charge < -0.3 is 19.5 Å². The predicted molar refractivity (Wildman–Crippen MR) is 115 cm³/mol. The molecule has 0 saturated carbocycles. The third-order valence-corrected chi connectivity index (χ3v) is 4.45. The summed E-state index contributed by atoms with van der Waals surface area (Å²) in [6.07, 6.45) is 3.69. The Morgan fingerprint density at radius 1 is 1.14 bits per heavy atom. The highest BCUT2D eigenvalue weighted by atomic mass is 35.5. The van der Waals surface area contributed by atoms with E-state index >= 15 is 0 Å². The number of ether oxygens (including phenoxy) is 3. The van der Waals surface area contributed by atoms with Crippen LogP contribution < -0.4 is 19.5 Å². The first-order valence-corrected chi connectivity index (χ1v) is 10.0. The molecule has 29 heavy (non-hydrogen) atoms. The van der Waals surface area contributed by atoms with E-state index in [1.165, 1.54) is 12.5 Å². The van der Waals surface area contributed by atoms with Crippen LogP contribution in [0.25, 0.3) is 10.9 Å². The molecule has 9 heteroatoms. The third-order valence-electron chi connectivity index (χ3n) is 3.88. The number of hydrogen-bond acceptors (Lipinski definition) is 7. The maximum Gasteiger partial charge on any atom is 0.215 e. The summed E-state index contributed by atoms with van der Waals surface area (Å²) in [5, 5.41) is 4.39. The van der Waals surface area contributed by atoms with E-state index in [2.05, 4.69) is 20.3 Å². The number of methoxy groups -OCH3 is 1. The minimum absolute atomic E-state index is 0.0473. The van der Waals surface area contributed by atoms with Gasteiger partial charge in [0.2, 0.25) is 5.88 Å². The van der Waals surface area contributed by atoms with Crippen molar-refractivity contribution in [3.63, 3.8) is 0 Å². The van der Waals surface area contributed by atoms with Crippen molar-refractivity contribution in [2.45, 2.75) is 26.4 Å². The minimum atomic E-state index is -0.0473. The van der Waals surface area contributed by atoms with Crippen LogP contribution in [0.4, 0.5) is 11.5 Å². The Hall–Kier alpha value is -2.51. The van der Waals surface area contributed by atoms with Gasteiger partial charge in [-0.3, -0.25) is 0 Å². The van der Waals surface area contributed by atoms with Crippen LogP contribution in [0, 0.1) is 0 Å². The van der Waals surface area contributed by atoms with Crippen LogP contribution >= 0.6 is 23.2 Å². The lowest BCUT2D eigenvalue weighted by Gasteiger charge is -2.17. The maximum absolute atomic E-state index is 6.29. The zero-order valence-electron chi connectivity index (χ0n) is 16.4. The average Bonchev–Trinajstić information content (AvgIpc) is 2.69. The minimum Gasteiger partial charge on any atom is -0.493 e. The van der Waals surface area contributed by atoms with Crippen LogP contribution in [0.3, 0.4) is 0 Å². The quantitative estimate of drug-likeness (QED) is 0.363. The van der Waals surface area contributed by atoms with Crippen molar-refractivity contribution in [2.75, 3.05) is 24.9 Å². The average molecular weight is 437 g/mol. The Morgan fingerprint density at radius 2 is 1.97 bits per heavy atom. The summed E-state index contributed by atoms with van der Waals surface area (Å²) >= 11 is 12.0. The smallest absolute Gasteiger partial charge is 0.215 e. The molecule has 7 nitrogen and oxygen atoms in total. The molecule has 0 aliphatic rings.